The van der Waals surface area contributed by atoms with Gasteiger partial charge in [-0.1, -0.05) is 13.8 Å². The van der Waals surface area contributed by atoms with Crippen molar-refractivity contribution in [2.24, 2.45) is 5.92 Å². The molecule has 0 atom stereocenters. The van der Waals surface area contributed by atoms with Crippen LogP contribution in [0, 0.1) is 17.2 Å². The second-order valence-electron chi connectivity index (χ2n) is 3.76. The van der Waals surface area contributed by atoms with Crippen LogP contribution in [0.2, 0.25) is 0 Å². The second-order valence-corrected chi connectivity index (χ2v) is 3.76. The zero-order valence-electron chi connectivity index (χ0n) is 8.86. The Balaban J connectivity index is 2.89. The highest BCUT2D eigenvalue weighted by molar-refractivity contribution is 5.52. The Morgan fingerprint density at radius 3 is 2.86 bits per heavy atom. The first-order valence-corrected chi connectivity index (χ1v) is 4.71. The predicted molar refractivity (Wildman–Crippen MR) is 57.1 cm³/mol. The number of aromatic nitrogens is 1. The Labute approximate surface area is 85.0 Å². The van der Waals surface area contributed by atoms with Gasteiger partial charge >= 0.3 is 0 Å². The summed E-state index contributed by atoms with van der Waals surface area (Å²) in [5, 5.41) is 8.88. The monoisotopic (exact) mass is 189 g/mol. The van der Waals surface area contributed by atoms with Gasteiger partial charge in [-0.2, -0.15) is 5.26 Å². The molecule has 0 spiro atoms. The van der Waals surface area contributed by atoms with Gasteiger partial charge in [-0.15, -0.1) is 0 Å². The van der Waals surface area contributed by atoms with Crippen molar-refractivity contribution < 1.29 is 0 Å². The second kappa shape index (κ2) is 4.61. The van der Waals surface area contributed by atoms with Gasteiger partial charge in [-0.25, -0.2) is 4.98 Å². The van der Waals surface area contributed by atoms with Crippen LogP contribution in [-0.4, -0.2) is 18.6 Å². The highest BCUT2D eigenvalue weighted by Gasteiger charge is 2.08. The lowest BCUT2D eigenvalue weighted by Crippen LogP contribution is -2.24. The van der Waals surface area contributed by atoms with Crippen LogP contribution >= 0.6 is 0 Å². The zero-order chi connectivity index (χ0) is 10.6. The number of anilines is 1. The van der Waals surface area contributed by atoms with E-state index in [2.05, 4.69) is 24.9 Å². The molecule has 0 saturated carbocycles. The molecule has 0 aromatic carbocycles. The first-order chi connectivity index (χ1) is 6.65. The largest absolute Gasteiger partial charge is 0.358 e. The van der Waals surface area contributed by atoms with Crippen LogP contribution in [0.5, 0.6) is 0 Å². The minimum atomic E-state index is 0.563. The molecule has 0 saturated heterocycles. The molecule has 1 aromatic heterocycles. The van der Waals surface area contributed by atoms with Crippen molar-refractivity contribution in [2.45, 2.75) is 13.8 Å². The molecule has 3 nitrogen and oxygen atoms in total. The van der Waals surface area contributed by atoms with Gasteiger partial charge < -0.3 is 4.90 Å². The van der Waals surface area contributed by atoms with E-state index >= 15 is 0 Å². The fraction of sp³-hybridized carbons (Fsp3) is 0.455. The van der Waals surface area contributed by atoms with E-state index in [1.165, 1.54) is 0 Å². The molecular weight excluding hydrogens is 174 g/mol. The van der Waals surface area contributed by atoms with Crippen molar-refractivity contribution in [3.05, 3.63) is 23.9 Å². The standard InChI is InChI=1S/C11H15N3/c1-9(2)8-14(3)11-10(7-12)5-4-6-13-11/h4-6,9H,8H2,1-3H3. The third kappa shape index (κ3) is 2.46. The minimum Gasteiger partial charge on any atom is -0.358 e. The number of nitriles is 1. The van der Waals surface area contributed by atoms with Crippen molar-refractivity contribution in [2.75, 3.05) is 18.5 Å². The molecule has 74 valence electrons. The summed E-state index contributed by atoms with van der Waals surface area (Å²) in [5.74, 6) is 1.33. The van der Waals surface area contributed by atoms with E-state index in [4.69, 9.17) is 5.26 Å². The molecule has 0 aliphatic rings. The van der Waals surface area contributed by atoms with Crippen LogP contribution in [0.3, 0.4) is 0 Å². The normalized spacial score (nSPS) is 9.93. The number of nitrogens with zero attached hydrogens (tertiary/aromatic N) is 3. The van der Waals surface area contributed by atoms with Crippen molar-refractivity contribution in [3.63, 3.8) is 0 Å². The smallest absolute Gasteiger partial charge is 0.146 e. The van der Waals surface area contributed by atoms with Crippen molar-refractivity contribution in [3.8, 4) is 6.07 Å². The van der Waals surface area contributed by atoms with Crippen LogP contribution in [0.15, 0.2) is 18.3 Å². The third-order valence-corrected chi connectivity index (χ3v) is 1.91. The number of hydrogen-bond acceptors (Lipinski definition) is 3. The van der Waals surface area contributed by atoms with Crippen LogP contribution in [-0.2, 0) is 0 Å². The first-order valence-electron chi connectivity index (χ1n) is 4.71. The van der Waals surface area contributed by atoms with Crippen molar-refractivity contribution >= 4 is 5.82 Å². The maximum absolute atomic E-state index is 8.88. The predicted octanol–water partition coefficient (Wildman–Crippen LogP) is 2.05. The topological polar surface area (TPSA) is 39.9 Å². The summed E-state index contributed by atoms with van der Waals surface area (Å²) in [6.45, 7) is 5.20. The van der Waals surface area contributed by atoms with Crippen LogP contribution < -0.4 is 4.90 Å². The Kier molecular flexibility index (Phi) is 3.47. The molecular formula is C11H15N3. The summed E-state index contributed by atoms with van der Waals surface area (Å²) in [6.07, 6.45) is 1.72. The lowest BCUT2D eigenvalue weighted by atomic mass is 10.2. The quantitative estimate of drug-likeness (QED) is 0.730. The number of rotatable bonds is 3. The fourth-order valence-corrected chi connectivity index (χ4v) is 1.42. The number of hydrogen-bond donors (Lipinski definition) is 0. The highest BCUT2D eigenvalue weighted by Crippen LogP contribution is 2.15. The molecule has 0 bridgehead atoms. The fourth-order valence-electron chi connectivity index (χ4n) is 1.42. The lowest BCUT2D eigenvalue weighted by molar-refractivity contribution is 0.634. The van der Waals surface area contributed by atoms with E-state index in [0.717, 1.165) is 12.4 Å². The number of pyridine rings is 1. The highest BCUT2D eigenvalue weighted by atomic mass is 15.2. The summed E-state index contributed by atoms with van der Waals surface area (Å²) in [5.41, 5.74) is 0.635. The van der Waals surface area contributed by atoms with E-state index in [-0.39, 0.29) is 0 Å². The molecule has 3 heteroatoms. The van der Waals surface area contributed by atoms with E-state index in [1.807, 2.05) is 11.9 Å². The van der Waals surface area contributed by atoms with Gasteiger partial charge in [-0.3, -0.25) is 0 Å². The average Bonchev–Trinajstić information content (AvgIpc) is 2.16. The molecule has 0 N–H and O–H groups in total. The van der Waals surface area contributed by atoms with Gasteiger partial charge in [0.15, 0.2) is 0 Å². The zero-order valence-corrected chi connectivity index (χ0v) is 8.86. The maximum atomic E-state index is 8.88. The average molecular weight is 189 g/mol. The molecule has 0 aliphatic heterocycles. The molecule has 1 aromatic rings. The van der Waals surface area contributed by atoms with Gasteiger partial charge in [0, 0.05) is 19.8 Å². The molecule has 1 heterocycles. The SMILES string of the molecule is CC(C)CN(C)c1ncccc1C#N. The Morgan fingerprint density at radius 1 is 1.57 bits per heavy atom. The third-order valence-electron chi connectivity index (χ3n) is 1.91. The van der Waals surface area contributed by atoms with E-state index < -0.39 is 0 Å². The Morgan fingerprint density at radius 2 is 2.29 bits per heavy atom. The summed E-state index contributed by atoms with van der Waals surface area (Å²) in [7, 11) is 1.96. The lowest BCUT2D eigenvalue weighted by Gasteiger charge is -2.20. The molecule has 0 aliphatic carbocycles. The summed E-state index contributed by atoms with van der Waals surface area (Å²) < 4.78 is 0. The summed E-state index contributed by atoms with van der Waals surface area (Å²) in [6, 6.07) is 5.72. The molecule has 0 amide bonds. The van der Waals surface area contributed by atoms with E-state index in [1.54, 1.807) is 18.3 Å². The van der Waals surface area contributed by atoms with Gasteiger partial charge in [0.25, 0.3) is 0 Å². The van der Waals surface area contributed by atoms with Crippen molar-refractivity contribution in [1.82, 2.24) is 4.98 Å². The van der Waals surface area contributed by atoms with Gasteiger partial charge in [0.1, 0.15) is 11.9 Å². The van der Waals surface area contributed by atoms with Crippen LogP contribution in [0.4, 0.5) is 5.82 Å². The summed E-state index contributed by atoms with van der Waals surface area (Å²) >= 11 is 0. The molecule has 1 rings (SSSR count). The van der Waals surface area contributed by atoms with Gasteiger partial charge in [-0.05, 0) is 18.1 Å². The summed E-state index contributed by atoms with van der Waals surface area (Å²) in [4.78, 5) is 6.22. The van der Waals surface area contributed by atoms with Gasteiger partial charge in [0.2, 0.25) is 0 Å². The Hall–Kier alpha value is -1.56. The molecule has 14 heavy (non-hydrogen) atoms. The maximum Gasteiger partial charge on any atom is 0.146 e. The van der Waals surface area contributed by atoms with Crippen molar-refractivity contribution in [1.29, 1.82) is 5.26 Å². The first kappa shape index (κ1) is 10.5. The molecule has 0 radical (unpaired) electrons. The van der Waals surface area contributed by atoms with Gasteiger partial charge in [0.05, 0.1) is 5.56 Å². The molecule has 0 fully saturated rings. The Bertz CT molecular complexity index is 339. The van der Waals surface area contributed by atoms with Crippen LogP contribution in [0.1, 0.15) is 19.4 Å². The van der Waals surface area contributed by atoms with E-state index in [9.17, 15) is 0 Å². The minimum absolute atomic E-state index is 0.563. The van der Waals surface area contributed by atoms with E-state index in [0.29, 0.717) is 11.5 Å². The molecule has 0 unspecified atom stereocenters. The van der Waals surface area contributed by atoms with Crippen LogP contribution in [0.25, 0.3) is 0 Å².